The number of carbonyl (C=O) groups excluding carboxylic acids is 2. The first-order valence-electron chi connectivity index (χ1n) is 10.1. The molecule has 2 saturated heterocycles. The lowest BCUT2D eigenvalue weighted by Gasteiger charge is -2.28. The van der Waals surface area contributed by atoms with E-state index in [1.807, 2.05) is 30.3 Å². The number of nitrogens with one attached hydrogen (secondary N) is 1. The predicted octanol–water partition coefficient (Wildman–Crippen LogP) is 0.993. The van der Waals surface area contributed by atoms with Gasteiger partial charge >= 0.3 is 0 Å². The summed E-state index contributed by atoms with van der Waals surface area (Å²) in [6.45, 7) is 1.75. The fourth-order valence-corrected chi connectivity index (χ4v) is 3.57. The van der Waals surface area contributed by atoms with Crippen LogP contribution in [0.4, 0.5) is 5.69 Å². The second-order valence-corrected chi connectivity index (χ2v) is 7.94. The van der Waals surface area contributed by atoms with Gasteiger partial charge in [0.05, 0.1) is 24.9 Å². The highest BCUT2D eigenvalue weighted by atomic mass is 16.5. The Morgan fingerprint density at radius 2 is 2.19 bits per heavy atom. The van der Waals surface area contributed by atoms with E-state index in [1.54, 1.807) is 13.1 Å². The zero-order valence-corrected chi connectivity index (χ0v) is 17.2. The molecule has 2 amide bonds. The lowest BCUT2D eigenvalue weighted by molar-refractivity contribution is -0.141. The summed E-state index contributed by atoms with van der Waals surface area (Å²) in [6, 6.07) is 11.1. The minimum atomic E-state index is -1.41. The molecule has 0 radical (unpaired) electrons. The van der Waals surface area contributed by atoms with Gasteiger partial charge in [-0.3, -0.25) is 9.59 Å². The number of hydrogen-bond acceptors (Lipinski definition) is 6. The van der Waals surface area contributed by atoms with E-state index >= 15 is 0 Å². The van der Waals surface area contributed by atoms with Crippen LogP contribution >= 0.6 is 0 Å². The van der Waals surface area contributed by atoms with E-state index in [0.29, 0.717) is 37.4 Å². The summed E-state index contributed by atoms with van der Waals surface area (Å²) in [6.07, 6.45) is 0.454. The quantitative estimate of drug-likeness (QED) is 0.621. The molecule has 0 saturated carbocycles. The summed E-state index contributed by atoms with van der Waals surface area (Å²) >= 11 is 0. The van der Waals surface area contributed by atoms with Crippen LogP contribution in [0.25, 0.3) is 11.3 Å². The predicted molar refractivity (Wildman–Crippen MR) is 115 cm³/mol. The van der Waals surface area contributed by atoms with Gasteiger partial charge in [0.15, 0.2) is 5.60 Å². The molecule has 2 fully saturated rings. The Kier molecular flexibility index (Phi) is 5.63. The maximum absolute atomic E-state index is 12.1. The number of pyridine rings is 1. The van der Waals surface area contributed by atoms with Crippen molar-refractivity contribution in [2.45, 2.75) is 24.5 Å². The first-order valence-corrected chi connectivity index (χ1v) is 10.1. The van der Waals surface area contributed by atoms with Crippen molar-refractivity contribution in [2.24, 2.45) is 5.73 Å². The van der Waals surface area contributed by atoms with Crippen molar-refractivity contribution in [3.05, 3.63) is 47.7 Å². The zero-order valence-electron chi connectivity index (χ0n) is 17.2. The van der Waals surface area contributed by atoms with Crippen molar-refractivity contribution in [3.63, 3.8) is 0 Å². The number of rotatable bonds is 5. The summed E-state index contributed by atoms with van der Waals surface area (Å²) in [5.41, 5.74) is 7.05. The molecule has 3 heterocycles. The Morgan fingerprint density at radius 3 is 2.84 bits per heavy atom. The molecule has 2 aliphatic heterocycles. The fraction of sp³-hybridized carbons (Fsp3) is 0.348. The van der Waals surface area contributed by atoms with Gasteiger partial charge in [-0.2, -0.15) is 0 Å². The molecule has 1 aromatic carbocycles. The van der Waals surface area contributed by atoms with E-state index in [1.165, 1.54) is 4.90 Å². The lowest BCUT2D eigenvalue weighted by atomic mass is 9.98. The normalized spacial score (nSPS) is 20.7. The molecule has 0 unspecified atom stereocenters. The van der Waals surface area contributed by atoms with Crippen LogP contribution in [0.3, 0.4) is 0 Å². The van der Waals surface area contributed by atoms with E-state index in [-0.39, 0.29) is 24.1 Å². The molecule has 4 rings (SSSR count). The molecule has 1 atom stereocenters. The van der Waals surface area contributed by atoms with Crippen molar-refractivity contribution in [1.82, 2.24) is 9.88 Å². The topological polar surface area (TPSA) is 118 Å². The Labute approximate surface area is 180 Å². The Bertz CT molecular complexity index is 1090. The first-order chi connectivity index (χ1) is 14.8. The molecule has 0 aliphatic carbocycles. The van der Waals surface area contributed by atoms with Crippen LogP contribution in [-0.2, 0) is 9.53 Å². The van der Waals surface area contributed by atoms with Crippen LogP contribution in [0.15, 0.2) is 36.4 Å². The number of hydrogen-bond donors (Lipinski definition) is 3. The van der Waals surface area contributed by atoms with Gasteiger partial charge in [0, 0.05) is 43.2 Å². The van der Waals surface area contributed by atoms with Crippen molar-refractivity contribution in [1.29, 1.82) is 0 Å². The second kappa shape index (κ2) is 8.38. The number of likely N-dealkylation sites (N-methyl/N-ethyl adjacent to an activating group) is 1. The van der Waals surface area contributed by atoms with E-state index in [2.05, 4.69) is 22.1 Å². The molecule has 8 nitrogen and oxygen atoms in total. The van der Waals surface area contributed by atoms with Gasteiger partial charge in [0.2, 0.25) is 0 Å². The lowest BCUT2D eigenvalue weighted by Crippen LogP contribution is -2.40. The average molecular weight is 420 g/mol. The summed E-state index contributed by atoms with van der Waals surface area (Å²) in [7, 11) is 1.67. The van der Waals surface area contributed by atoms with Crippen molar-refractivity contribution < 1.29 is 19.4 Å². The number of nitrogens with zero attached hydrogens (tertiary/aromatic N) is 2. The van der Waals surface area contributed by atoms with Gasteiger partial charge in [-0.05, 0) is 24.3 Å². The number of aromatic nitrogens is 1. The molecular weight excluding hydrogens is 396 g/mol. The summed E-state index contributed by atoms with van der Waals surface area (Å²) < 4.78 is 5.18. The van der Waals surface area contributed by atoms with Crippen LogP contribution in [0, 0.1) is 11.8 Å². The second-order valence-electron chi connectivity index (χ2n) is 7.94. The number of primary amides is 1. The zero-order chi connectivity index (χ0) is 22.0. The highest BCUT2D eigenvalue weighted by molar-refractivity contribution is 5.92. The number of anilines is 1. The van der Waals surface area contributed by atoms with Crippen molar-refractivity contribution in [3.8, 4) is 23.1 Å². The van der Waals surface area contributed by atoms with Gasteiger partial charge in [-0.1, -0.05) is 24.0 Å². The number of amides is 2. The molecule has 0 spiro atoms. The molecule has 2 aromatic rings. The maximum Gasteiger partial charge on any atom is 0.267 e. The van der Waals surface area contributed by atoms with Gasteiger partial charge in [-0.25, -0.2) is 4.98 Å². The van der Waals surface area contributed by atoms with E-state index < -0.39 is 11.5 Å². The smallest absolute Gasteiger partial charge is 0.267 e. The van der Waals surface area contributed by atoms with Gasteiger partial charge in [-0.15, -0.1) is 0 Å². The van der Waals surface area contributed by atoms with E-state index in [4.69, 9.17) is 10.5 Å². The maximum atomic E-state index is 12.1. The SMILES string of the molecule is CN1CC[C@@](O)(CC#Cc2cccc(-c3cc(NC4COC4)cc(C(N)=O)n3)c2)C1=O. The average Bonchev–Trinajstić information content (AvgIpc) is 2.98. The van der Waals surface area contributed by atoms with Gasteiger partial charge in [0.25, 0.3) is 11.8 Å². The number of aliphatic hydroxyl groups is 1. The van der Waals surface area contributed by atoms with Crippen LogP contribution in [0.1, 0.15) is 28.9 Å². The highest BCUT2D eigenvalue weighted by Gasteiger charge is 2.42. The van der Waals surface area contributed by atoms with Gasteiger partial charge < -0.3 is 25.8 Å². The minimum absolute atomic E-state index is 0.0767. The summed E-state index contributed by atoms with van der Waals surface area (Å²) in [4.78, 5) is 29.7. The molecule has 8 heteroatoms. The highest BCUT2D eigenvalue weighted by Crippen LogP contribution is 2.26. The van der Waals surface area contributed by atoms with Crippen LogP contribution in [-0.4, -0.2) is 65.3 Å². The van der Waals surface area contributed by atoms with E-state index in [9.17, 15) is 14.7 Å². The third-order valence-electron chi connectivity index (χ3n) is 5.46. The molecule has 4 N–H and O–H groups in total. The van der Waals surface area contributed by atoms with Crippen LogP contribution in [0.2, 0.25) is 0 Å². The monoisotopic (exact) mass is 420 g/mol. The molecule has 0 bridgehead atoms. The van der Waals surface area contributed by atoms with Gasteiger partial charge in [0.1, 0.15) is 5.69 Å². The standard InChI is InChI=1S/C23H24N4O4/c1-27-9-8-23(30,22(27)29)7-3-5-15-4-2-6-16(10-15)19-11-17(25-18-13-31-14-18)12-20(26-19)21(24)28/h2,4,6,10-12,18,30H,7-9,13-14H2,1H3,(H2,24,28)(H,25,26)/t23-/m0/s1. The number of carbonyl (C=O) groups is 2. The Morgan fingerprint density at radius 1 is 1.39 bits per heavy atom. The van der Waals surface area contributed by atoms with Crippen molar-refractivity contribution >= 4 is 17.5 Å². The molecule has 31 heavy (non-hydrogen) atoms. The number of ether oxygens (including phenoxy) is 1. The van der Waals surface area contributed by atoms with Crippen LogP contribution < -0.4 is 11.1 Å². The van der Waals surface area contributed by atoms with E-state index in [0.717, 1.165) is 11.3 Å². The Balaban J connectivity index is 1.57. The number of nitrogens with two attached hydrogens (primary N) is 1. The third kappa shape index (κ3) is 4.53. The minimum Gasteiger partial charge on any atom is -0.379 e. The fourth-order valence-electron chi connectivity index (χ4n) is 3.57. The number of benzene rings is 1. The molecule has 1 aromatic heterocycles. The van der Waals surface area contributed by atoms with Crippen molar-refractivity contribution in [2.75, 3.05) is 32.1 Å². The first kappa shape index (κ1) is 20.8. The number of likely N-dealkylation sites (tertiary alicyclic amines) is 1. The molecule has 160 valence electrons. The molecular formula is C23H24N4O4. The molecule has 2 aliphatic rings. The summed E-state index contributed by atoms with van der Waals surface area (Å²) in [5, 5.41) is 13.8. The summed E-state index contributed by atoms with van der Waals surface area (Å²) in [5.74, 6) is 5.04. The Hall–Kier alpha value is -3.41. The largest absolute Gasteiger partial charge is 0.379 e. The third-order valence-corrected chi connectivity index (χ3v) is 5.46. The van der Waals surface area contributed by atoms with Crippen LogP contribution in [0.5, 0.6) is 0 Å².